The minimum atomic E-state index is -0.561. The molecule has 1 fully saturated rings. The molecule has 1 aliphatic heterocycles. The van der Waals surface area contributed by atoms with Gasteiger partial charge >= 0.3 is 0 Å². The van der Waals surface area contributed by atoms with E-state index in [0.717, 1.165) is 0 Å². The number of hydrogen-bond donors (Lipinski definition) is 1. The predicted octanol–water partition coefficient (Wildman–Crippen LogP) is 2.12. The van der Waals surface area contributed by atoms with Crippen molar-refractivity contribution in [1.82, 2.24) is 5.32 Å². The number of halogens is 2. The summed E-state index contributed by atoms with van der Waals surface area (Å²) in [6.45, 7) is 1.34. The second-order valence-electron chi connectivity index (χ2n) is 4.47. The summed E-state index contributed by atoms with van der Waals surface area (Å²) in [5, 5.41) is 2.70. The molecule has 1 N–H and O–H groups in total. The highest BCUT2D eigenvalue weighted by atomic mass is 79.9. The molecule has 0 saturated carbocycles. The molecular weight excluding hydrogens is 317 g/mol. The van der Waals surface area contributed by atoms with Crippen LogP contribution < -0.4 is 5.32 Å². The number of benzene rings is 1. The molecule has 0 aliphatic carbocycles. The van der Waals surface area contributed by atoms with Gasteiger partial charge in [0, 0.05) is 26.7 Å². The van der Waals surface area contributed by atoms with E-state index in [1.165, 1.54) is 6.07 Å². The fourth-order valence-electron chi connectivity index (χ4n) is 1.98. The number of amides is 1. The summed E-state index contributed by atoms with van der Waals surface area (Å²) in [7, 11) is 1.58. The zero-order valence-corrected chi connectivity index (χ0v) is 12.1. The van der Waals surface area contributed by atoms with Crippen molar-refractivity contribution < 1.29 is 18.7 Å². The molecule has 1 heterocycles. The van der Waals surface area contributed by atoms with E-state index in [9.17, 15) is 9.18 Å². The smallest absolute Gasteiger partial charge is 0.254 e. The van der Waals surface area contributed by atoms with Gasteiger partial charge in [-0.15, -0.1) is 0 Å². The Balaban J connectivity index is 2.03. The maximum Gasteiger partial charge on any atom is 0.254 e. The van der Waals surface area contributed by atoms with Gasteiger partial charge in [-0.3, -0.25) is 4.79 Å². The molecule has 0 radical (unpaired) electrons. The van der Waals surface area contributed by atoms with Gasteiger partial charge in [0.1, 0.15) is 11.4 Å². The van der Waals surface area contributed by atoms with Crippen LogP contribution in [0.25, 0.3) is 0 Å². The molecule has 1 saturated heterocycles. The number of carbonyl (C=O) groups excluding carboxylic acids is 1. The van der Waals surface area contributed by atoms with Gasteiger partial charge in [-0.05, 0) is 28.1 Å². The standard InChI is InChI=1S/C13H15BrFNO3/c1-18-13(5-6-19-8-13)7-16-12(17)9-3-2-4-10(14)11(9)15/h2-4H,5-8H2,1H3,(H,16,17). The summed E-state index contributed by atoms with van der Waals surface area (Å²) in [6.07, 6.45) is 0.713. The van der Waals surface area contributed by atoms with Gasteiger partial charge in [-0.1, -0.05) is 6.07 Å². The first-order valence-corrected chi connectivity index (χ1v) is 6.72. The van der Waals surface area contributed by atoms with Crippen molar-refractivity contribution in [1.29, 1.82) is 0 Å². The van der Waals surface area contributed by atoms with Crippen LogP contribution in [0.5, 0.6) is 0 Å². The third-order valence-corrected chi connectivity index (χ3v) is 3.88. The highest BCUT2D eigenvalue weighted by Crippen LogP contribution is 2.22. The molecule has 1 aromatic carbocycles. The third kappa shape index (κ3) is 3.13. The highest BCUT2D eigenvalue weighted by Gasteiger charge is 2.35. The molecule has 2 rings (SSSR count). The Morgan fingerprint density at radius 3 is 3.05 bits per heavy atom. The molecular formula is C13H15BrFNO3. The van der Waals surface area contributed by atoms with Crippen LogP contribution in [0.4, 0.5) is 4.39 Å². The number of nitrogens with one attached hydrogen (secondary N) is 1. The predicted molar refractivity (Wildman–Crippen MR) is 71.6 cm³/mol. The largest absolute Gasteiger partial charge is 0.378 e. The molecule has 1 atom stereocenters. The van der Waals surface area contributed by atoms with E-state index < -0.39 is 17.3 Å². The van der Waals surface area contributed by atoms with Crippen LogP contribution in [-0.2, 0) is 9.47 Å². The number of carbonyl (C=O) groups is 1. The van der Waals surface area contributed by atoms with Gasteiger partial charge in [-0.25, -0.2) is 4.39 Å². The Morgan fingerprint density at radius 1 is 1.63 bits per heavy atom. The average molecular weight is 332 g/mol. The first kappa shape index (κ1) is 14.4. The molecule has 104 valence electrons. The van der Waals surface area contributed by atoms with Crippen molar-refractivity contribution in [2.24, 2.45) is 0 Å². The van der Waals surface area contributed by atoms with Gasteiger partial charge in [0.25, 0.3) is 5.91 Å². The Labute approximate surface area is 119 Å². The zero-order chi connectivity index (χ0) is 13.9. The fourth-order valence-corrected chi connectivity index (χ4v) is 2.34. The minimum absolute atomic E-state index is 0.0135. The second kappa shape index (κ2) is 5.98. The SMILES string of the molecule is COC1(CNC(=O)c2cccc(Br)c2F)CCOC1. The van der Waals surface area contributed by atoms with Gasteiger partial charge in [0.05, 0.1) is 16.6 Å². The van der Waals surface area contributed by atoms with Crippen LogP contribution >= 0.6 is 15.9 Å². The number of rotatable bonds is 4. The van der Waals surface area contributed by atoms with Crippen LogP contribution in [0.2, 0.25) is 0 Å². The lowest BCUT2D eigenvalue weighted by molar-refractivity contribution is -0.0149. The highest BCUT2D eigenvalue weighted by molar-refractivity contribution is 9.10. The Hall–Kier alpha value is -0.980. The number of ether oxygens (including phenoxy) is 2. The lowest BCUT2D eigenvalue weighted by atomic mass is 10.0. The first-order valence-electron chi connectivity index (χ1n) is 5.93. The van der Waals surface area contributed by atoms with E-state index in [0.29, 0.717) is 26.2 Å². The van der Waals surface area contributed by atoms with Gasteiger partial charge < -0.3 is 14.8 Å². The van der Waals surface area contributed by atoms with Crippen molar-refractivity contribution in [3.05, 3.63) is 34.1 Å². The normalized spacial score (nSPS) is 22.5. The van der Waals surface area contributed by atoms with Crippen molar-refractivity contribution in [2.45, 2.75) is 12.0 Å². The van der Waals surface area contributed by atoms with Crippen LogP contribution in [0.15, 0.2) is 22.7 Å². The van der Waals surface area contributed by atoms with E-state index in [4.69, 9.17) is 9.47 Å². The third-order valence-electron chi connectivity index (χ3n) is 3.27. The van der Waals surface area contributed by atoms with E-state index in [-0.39, 0.29) is 10.0 Å². The summed E-state index contributed by atoms with van der Waals surface area (Å²) in [5.74, 6) is -1.02. The molecule has 1 amide bonds. The van der Waals surface area contributed by atoms with E-state index in [1.807, 2.05) is 0 Å². The number of hydrogen-bond acceptors (Lipinski definition) is 3. The Bertz CT molecular complexity index is 475. The van der Waals surface area contributed by atoms with Crippen LogP contribution in [0.1, 0.15) is 16.8 Å². The zero-order valence-electron chi connectivity index (χ0n) is 10.5. The maximum atomic E-state index is 13.8. The van der Waals surface area contributed by atoms with Gasteiger partial charge in [-0.2, -0.15) is 0 Å². The summed E-state index contributed by atoms with van der Waals surface area (Å²) in [4.78, 5) is 12.0. The quantitative estimate of drug-likeness (QED) is 0.919. The summed E-state index contributed by atoms with van der Waals surface area (Å²) < 4.78 is 24.7. The van der Waals surface area contributed by atoms with Gasteiger partial charge in [0.15, 0.2) is 0 Å². The van der Waals surface area contributed by atoms with E-state index >= 15 is 0 Å². The van der Waals surface area contributed by atoms with E-state index in [1.54, 1.807) is 19.2 Å². The molecule has 0 spiro atoms. The Morgan fingerprint density at radius 2 is 2.42 bits per heavy atom. The van der Waals surface area contributed by atoms with Crippen molar-refractivity contribution in [3.8, 4) is 0 Å². The Kier molecular flexibility index (Phi) is 4.54. The second-order valence-corrected chi connectivity index (χ2v) is 5.33. The summed E-state index contributed by atoms with van der Waals surface area (Å²) in [6, 6.07) is 4.61. The molecule has 1 aliphatic rings. The fraction of sp³-hybridized carbons (Fsp3) is 0.462. The lowest BCUT2D eigenvalue weighted by Gasteiger charge is -2.25. The van der Waals surface area contributed by atoms with Crippen molar-refractivity contribution >= 4 is 21.8 Å². The number of methoxy groups -OCH3 is 1. The van der Waals surface area contributed by atoms with Gasteiger partial charge in [0.2, 0.25) is 0 Å². The molecule has 1 aromatic rings. The molecule has 0 bridgehead atoms. The molecule has 19 heavy (non-hydrogen) atoms. The molecule has 0 aromatic heterocycles. The van der Waals surface area contributed by atoms with Crippen molar-refractivity contribution in [3.63, 3.8) is 0 Å². The van der Waals surface area contributed by atoms with E-state index in [2.05, 4.69) is 21.2 Å². The topological polar surface area (TPSA) is 47.6 Å². The van der Waals surface area contributed by atoms with Crippen LogP contribution in [-0.4, -0.2) is 38.4 Å². The first-order chi connectivity index (χ1) is 9.08. The molecule has 4 nitrogen and oxygen atoms in total. The van der Waals surface area contributed by atoms with Crippen LogP contribution in [0.3, 0.4) is 0 Å². The maximum absolute atomic E-state index is 13.8. The minimum Gasteiger partial charge on any atom is -0.378 e. The van der Waals surface area contributed by atoms with Crippen LogP contribution in [0, 0.1) is 5.82 Å². The molecule has 1 unspecified atom stereocenters. The monoisotopic (exact) mass is 331 g/mol. The molecule has 6 heteroatoms. The van der Waals surface area contributed by atoms with Crippen molar-refractivity contribution in [2.75, 3.05) is 26.9 Å². The summed E-state index contributed by atoms with van der Waals surface area (Å²) >= 11 is 3.06. The lowest BCUT2D eigenvalue weighted by Crippen LogP contribution is -2.45. The summed E-state index contributed by atoms with van der Waals surface area (Å²) in [5.41, 5.74) is -0.488. The average Bonchev–Trinajstić information content (AvgIpc) is 2.89.